The first-order valence-electron chi connectivity index (χ1n) is 7.59. The molecule has 0 atom stereocenters. The lowest BCUT2D eigenvalue weighted by Crippen LogP contribution is -2.46. The second-order valence-corrected chi connectivity index (χ2v) is 6.02. The molecule has 2 rings (SSSR count). The van der Waals surface area contributed by atoms with E-state index >= 15 is 0 Å². The molecule has 1 fully saturated rings. The molecule has 1 aliphatic carbocycles. The molecule has 1 saturated carbocycles. The molecule has 0 unspecified atom stereocenters. The first kappa shape index (κ1) is 16.5. The number of esters is 1. The number of hydrogen-bond donors (Lipinski definition) is 2. The van der Waals surface area contributed by atoms with E-state index in [0.29, 0.717) is 31.2 Å². The van der Waals surface area contributed by atoms with Crippen molar-refractivity contribution in [2.45, 2.75) is 38.2 Å². The highest BCUT2D eigenvalue weighted by molar-refractivity contribution is 5.95. The fourth-order valence-electron chi connectivity index (χ4n) is 2.90. The summed E-state index contributed by atoms with van der Waals surface area (Å²) in [7, 11) is 1.38. The van der Waals surface area contributed by atoms with Crippen LogP contribution in [-0.4, -0.2) is 36.2 Å². The van der Waals surface area contributed by atoms with Crippen LogP contribution in [0.5, 0.6) is 0 Å². The molecule has 0 heterocycles. The first-order valence-corrected chi connectivity index (χ1v) is 7.59. The van der Waals surface area contributed by atoms with E-state index in [4.69, 9.17) is 4.74 Å². The molecule has 120 valence electrons. The zero-order valence-electron chi connectivity index (χ0n) is 13.1. The summed E-state index contributed by atoms with van der Waals surface area (Å²) in [5, 5.41) is 13.3. The topological polar surface area (TPSA) is 75.6 Å². The van der Waals surface area contributed by atoms with E-state index in [1.54, 1.807) is 6.07 Å². The van der Waals surface area contributed by atoms with Crippen LogP contribution in [0.3, 0.4) is 0 Å². The minimum atomic E-state index is -0.942. The Labute approximate surface area is 130 Å². The van der Waals surface area contributed by atoms with Crippen molar-refractivity contribution in [1.29, 1.82) is 0 Å². The number of hydrogen-bond acceptors (Lipinski definition) is 4. The molecule has 0 aliphatic heterocycles. The number of rotatable bonds is 4. The van der Waals surface area contributed by atoms with Gasteiger partial charge in [0.05, 0.1) is 18.6 Å². The van der Waals surface area contributed by atoms with Gasteiger partial charge in [0.25, 0.3) is 5.91 Å². The van der Waals surface area contributed by atoms with Crippen molar-refractivity contribution < 1.29 is 19.4 Å². The molecule has 1 aromatic carbocycles. The van der Waals surface area contributed by atoms with Crippen molar-refractivity contribution in [3.63, 3.8) is 0 Å². The summed E-state index contributed by atoms with van der Waals surface area (Å²) < 4.78 is 4.74. The normalized spacial score (nSPS) is 24.6. The quantitative estimate of drug-likeness (QED) is 0.832. The van der Waals surface area contributed by atoms with E-state index in [1.807, 2.05) is 25.1 Å². The van der Waals surface area contributed by atoms with E-state index in [1.165, 1.54) is 7.11 Å². The molecule has 0 radical (unpaired) electrons. The van der Waals surface area contributed by atoms with Gasteiger partial charge in [0.1, 0.15) is 0 Å². The molecule has 2 N–H and O–H groups in total. The van der Waals surface area contributed by atoms with Crippen LogP contribution in [0.25, 0.3) is 0 Å². The summed E-state index contributed by atoms with van der Waals surface area (Å²) >= 11 is 0. The van der Waals surface area contributed by atoms with Gasteiger partial charge in [0.15, 0.2) is 0 Å². The first-order chi connectivity index (χ1) is 10.4. The third kappa shape index (κ3) is 3.85. The van der Waals surface area contributed by atoms with Crippen LogP contribution in [0.15, 0.2) is 24.3 Å². The average molecular weight is 305 g/mol. The van der Waals surface area contributed by atoms with E-state index in [0.717, 1.165) is 5.56 Å². The van der Waals surface area contributed by atoms with E-state index in [-0.39, 0.29) is 24.3 Å². The highest BCUT2D eigenvalue weighted by atomic mass is 16.5. The number of ether oxygens (including phenoxy) is 1. The molecule has 0 aromatic heterocycles. The van der Waals surface area contributed by atoms with Crippen LogP contribution >= 0.6 is 0 Å². The van der Waals surface area contributed by atoms with Crippen molar-refractivity contribution in [1.82, 2.24) is 5.32 Å². The smallest absolute Gasteiger partial charge is 0.308 e. The van der Waals surface area contributed by atoms with Crippen LogP contribution in [0, 0.1) is 12.8 Å². The van der Waals surface area contributed by atoms with Gasteiger partial charge in [-0.3, -0.25) is 9.59 Å². The number of benzene rings is 1. The molecule has 0 bridgehead atoms. The highest BCUT2D eigenvalue weighted by Gasteiger charge is 2.36. The third-order valence-corrected chi connectivity index (χ3v) is 4.42. The van der Waals surface area contributed by atoms with Crippen molar-refractivity contribution in [3.8, 4) is 0 Å². The van der Waals surface area contributed by atoms with E-state index in [2.05, 4.69) is 5.32 Å². The van der Waals surface area contributed by atoms with Gasteiger partial charge in [-0.15, -0.1) is 0 Å². The summed E-state index contributed by atoms with van der Waals surface area (Å²) in [5.41, 5.74) is 0.582. The van der Waals surface area contributed by atoms with Gasteiger partial charge in [-0.1, -0.05) is 18.2 Å². The maximum Gasteiger partial charge on any atom is 0.308 e. The lowest BCUT2D eigenvalue weighted by molar-refractivity contribution is -0.148. The fraction of sp³-hybridized carbons (Fsp3) is 0.529. The zero-order valence-corrected chi connectivity index (χ0v) is 13.1. The SMILES string of the molecule is COC(=O)C1CCC(O)(CNC(=O)c2ccccc2C)CC1. The molecular formula is C17H23NO4. The number of aryl methyl sites for hydroxylation is 1. The van der Waals surface area contributed by atoms with Gasteiger partial charge in [0, 0.05) is 12.1 Å². The van der Waals surface area contributed by atoms with Gasteiger partial charge in [-0.05, 0) is 44.2 Å². The molecule has 5 nitrogen and oxygen atoms in total. The molecule has 0 spiro atoms. The fourth-order valence-corrected chi connectivity index (χ4v) is 2.90. The zero-order chi connectivity index (χ0) is 16.2. The Hall–Kier alpha value is -1.88. The van der Waals surface area contributed by atoms with Gasteiger partial charge < -0.3 is 15.2 Å². The standard InChI is InChI=1S/C17H23NO4/c1-12-5-3-4-6-14(12)15(19)18-11-17(21)9-7-13(8-10-17)16(20)22-2/h3-6,13,21H,7-11H2,1-2H3,(H,18,19). The molecule has 5 heteroatoms. The van der Waals surface area contributed by atoms with Crippen LogP contribution < -0.4 is 5.32 Å². The van der Waals surface area contributed by atoms with Gasteiger partial charge in [0.2, 0.25) is 0 Å². The number of amides is 1. The monoisotopic (exact) mass is 305 g/mol. The Morgan fingerprint density at radius 3 is 2.55 bits per heavy atom. The maximum absolute atomic E-state index is 12.2. The number of carbonyl (C=O) groups excluding carboxylic acids is 2. The third-order valence-electron chi connectivity index (χ3n) is 4.42. The summed E-state index contributed by atoms with van der Waals surface area (Å²) in [6, 6.07) is 7.35. The number of nitrogens with one attached hydrogen (secondary N) is 1. The minimum Gasteiger partial charge on any atom is -0.469 e. The average Bonchev–Trinajstić information content (AvgIpc) is 2.53. The minimum absolute atomic E-state index is 0.141. The predicted octanol–water partition coefficient (Wildman–Crippen LogP) is 1.82. The number of carbonyl (C=O) groups is 2. The lowest BCUT2D eigenvalue weighted by atomic mass is 9.78. The van der Waals surface area contributed by atoms with Gasteiger partial charge >= 0.3 is 5.97 Å². The maximum atomic E-state index is 12.2. The second-order valence-electron chi connectivity index (χ2n) is 6.02. The van der Waals surface area contributed by atoms with Crippen LogP contribution in [0.1, 0.15) is 41.6 Å². The van der Waals surface area contributed by atoms with E-state index < -0.39 is 5.60 Å². The Bertz CT molecular complexity index is 547. The molecule has 0 saturated heterocycles. The van der Waals surface area contributed by atoms with Crippen LogP contribution in [0.2, 0.25) is 0 Å². The largest absolute Gasteiger partial charge is 0.469 e. The summed E-state index contributed by atoms with van der Waals surface area (Å²) in [5.74, 6) is -0.537. The molecule has 1 aromatic rings. The molecule has 1 amide bonds. The Morgan fingerprint density at radius 1 is 1.32 bits per heavy atom. The van der Waals surface area contributed by atoms with Crippen molar-refractivity contribution >= 4 is 11.9 Å². The van der Waals surface area contributed by atoms with Crippen LogP contribution in [-0.2, 0) is 9.53 Å². The highest BCUT2D eigenvalue weighted by Crippen LogP contribution is 2.32. The molecular weight excluding hydrogens is 282 g/mol. The van der Waals surface area contributed by atoms with Crippen molar-refractivity contribution in [2.75, 3.05) is 13.7 Å². The summed E-state index contributed by atoms with van der Waals surface area (Å²) in [6.07, 6.45) is 2.15. The summed E-state index contributed by atoms with van der Waals surface area (Å²) in [6.45, 7) is 2.08. The predicted molar refractivity (Wildman–Crippen MR) is 82.4 cm³/mol. The molecule has 22 heavy (non-hydrogen) atoms. The second kappa shape index (κ2) is 6.92. The van der Waals surface area contributed by atoms with Gasteiger partial charge in [-0.2, -0.15) is 0 Å². The molecule has 1 aliphatic rings. The van der Waals surface area contributed by atoms with Crippen molar-refractivity contribution in [2.24, 2.45) is 5.92 Å². The van der Waals surface area contributed by atoms with Gasteiger partial charge in [-0.25, -0.2) is 0 Å². The number of aliphatic hydroxyl groups is 1. The lowest BCUT2D eigenvalue weighted by Gasteiger charge is -2.35. The summed E-state index contributed by atoms with van der Waals surface area (Å²) in [4.78, 5) is 23.7. The van der Waals surface area contributed by atoms with E-state index in [9.17, 15) is 14.7 Å². The van der Waals surface area contributed by atoms with Crippen molar-refractivity contribution in [3.05, 3.63) is 35.4 Å². The Balaban J connectivity index is 1.88. The van der Waals surface area contributed by atoms with Crippen LogP contribution in [0.4, 0.5) is 0 Å². The number of methoxy groups -OCH3 is 1. The Kier molecular flexibility index (Phi) is 5.19. The Morgan fingerprint density at radius 2 is 1.95 bits per heavy atom.